The first-order valence-electron chi connectivity index (χ1n) is 10.7. The van der Waals surface area contributed by atoms with Crippen LogP contribution in [0.3, 0.4) is 0 Å². The lowest BCUT2D eigenvalue weighted by molar-refractivity contribution is 0.593. The van der Waals surface area contributed by atoms with Gasteiger partial charge < -0.3 is 0 Å². The van der Waals surface area contributed by atoms with Crippen molar-refractivity contribution in [3.63, 3.8) is 0 Å². The molecule has 4 aromatic rings. The molecule has 8 nitrogen and oxygen atoms in total. The zero-order valence-electron chi connectivity index (χ0n) is 18.4. The van der Waals surface area contributed by atoms with Crippen molar-refractivity contribution in [2.24, 2.45) is 0 Å². The van der Waals surface area contributed by atoms with E-state index in [1.807, 2.05) is 13.0 Å². The molecule has 0 aliphatic carbocycles. The third-order valence-corrected chi connectivity index (χ3v) is 6.80. The number of benzene rings is 3. The highest BCUT2D eigenvalue weighted by atomic mass is 32.2. The molecule has 0 unspecified atom stereocenters. The van der Waals surface area contributed by atoms with Crippen LogP contribution in [0.5, 0.6) is 0 Å². The zero-order valence-corrected chi connectivity index (χ0v) is 19.2. The Morgan fingerprint density at radius 3 is 2.29 bits per heavy atom. The van der Waals surface area contributed by atoms with Gasteiger partial charge in [0.1, 0.15) is 0 Å². The molecule has 172 valence electrons. The monoisotopic (exact) mass is 474 g/mol. The summed E-state index contributed by atoms with van der Waals surface area (Å²) in [6.45, 7) is 2.33. The summed E-state index contributed by atoms with van der Waals surface area (Å²) >= 11 is 0. The van der Waals surface area contributed by atoms with E-state index in [4.69, 9.17) is 5.26 Å². The smallest absolute Gasteiger partial charge is 0.293 e. The number of anilines is 1. The van der Waals surface area contributed by atoms with E-state index in [1.54, 1.807) is 42.5 Å². The molecule has 0 saturated carbocycles. The molecule has 3 aromatic carbocycles. The first kappa shape index (κ1) is 23.0. The molecule has 0 aliphatic heterocycles. The molecule has 0 fully saturated rings. The van der Waals surface area contributed by atoms with Gasteiger partial charge in [-0.05, 0) is 54.4 Å². The van der Waals surface area contributed by atoms with Crippen LogP contribution >= 0.6 is 0 Å². The van der Waals surface area contributed by atoms with Gasteiger partial charge in [0.05, 0.1) is 39.7 Å². The number of nitrogens with one attached hydrogen (secondary N) is 1. The molecule has 0 atom stereocenters. The zero-order chi connectivity index (χ0) is 24.3. The van der Waals surface area contributed by atoms with Crippen LogP contribution < -0.4 is 16.0 Å². The summed E-state index contributed by atoms with van der Waals surface area (Å²) in [4.78, 5) is 26.6. The molecule has 9 heteroatoms. The molecule has 1 N–H and O–H groups in total. The van der Waals surface area contributed by atoms with E-state index in [2.05, 4.69) is 4.72 Å². The predicted octanol–water partition coefficient (Wildman–Crippen LogP) is 3.29. The van der Waals surface area contributed by atoms with Crippen molar-refractivity contribution < 1.29 is 8.42 Å². The molecule has 0 spiro atoms. The first-order valence-corrected chi connectivity index (χ1v) is 12.2. The first-order chi connectivity index (χ1) is 16.3. The van der Waals surface area contributed by atoms with Crippen molar-refractivity contribution >= 4 is 26.6 Å². The Bertz CT molecular complexity index is 1610. The maximum atomic E-state index is 13.3. The van der Waals surface area contributed by atoms with Crippen LogP contribution in [-0.2, 0) is 23.1 Å². The van der Waals surface area contributed by atoms with Crippen LogP contribution in [0.4, 0.5) is 5.69 Å². The number of hydrogen-bond acceptors (Lipinski definition) is 5. The molecule has 4 rings (SSSR count). The van der Waals surface area contributed by atoms with E-state index >= 15 is 0 Å². The summed E-state index contributed by atoms with van der Waals surface area (Å²) in [5, 5.41) is 9.29. The fourth-order valence-electron chi connectivity index (χ4n) is 3.74. The second-order valence-corrected chi connectivity index (χ2v) is 9.47. The van der Waals surface area contributed by atoms with E-state index in [0.29, 0.717) is 35.0 Å². The number of nitriles is 1. The lowest BCUT2D eigenvalue weighted by atomic mass is 10.1. The standard InChI is InChI=1S/C25H22N4O4S/c1-2-14-28-23-15-20(27-34(32,33)21-6-4-3-5-7-21)12-13-22(23)24(30)29(25(28)31)17-19-10-8-18(16-26)9-11-19/h3-13,15,27H,2,14,17H2,1H3. The van der Waals surface area contributed by atoms with Crippen molar-refractivity contribution in [1.82, 2.24) is 9.13 Å². The van der Waals surface area contributed by atoms with E-state index in [-0.39, 0.29) is 17.1 Å². The van der Waals surface area contributed by atoms with Crippen molar-refractivity contribution in [3.8, 4) is 6.07 Å². The molecule has 0 radical (unpaired) electrons. The average molecular weight is 475 g/mol. The van der Waals surface area contributed by atoms with Gasteiger partial charge >= 0.3 is 5.69 Å². The lowest BCUT2D eigenvalue weighted by Crippen LogP contribution is -2.40. The topological polar surface area (TPSA) is 114 Å². The van der Waals surface area contributed by atoms with Gasteiger partial charge in [-0.1, -0.05) is 37.3 Å². The van der Waals surface area contributed by atoms with E-state index < -0.39 is 21.3 Å². The quantitative estimate of drug-likeness (QED) is 0.441. The summed E-state index contributed by atoms with van der Waals surface area (Å²) in [7, 11) is -3.83. The van der Waals surface area contributed by atoms with Crippen LogP contribution in [0.1, 0.15) is 24.5 Å². The number of nitrogens with zero attached hydrogens (tertiary/aromatic N) is 3. The summed E-state index contributed by atoms with van der Waals surface area (Å²) < 4.78 is 30.6. The minimum Gasteiger partial charge on any atom is -0.293 e. The molecule has 1 aromatic heterocycles. The van der Waals surface area contributed by atoms with Gasteiger partial charge in [0, 0.05) is 6.54 Å². The number of aryl methyl sites for hydroxylation is 1. The maximum Gasteiger partial charge on any atom is 0.331 e. The Morgan fingerprint density at radius 2 is 1.65 bits per heavy atom. The Kier molecular flexibility index (Phi) is 6.34. The van der Waals surface area contributed by atoms with E-state index in [1.165, 1.54) is 34.9 Å². The minimum atomic E-state index is -3.83. The van der Waals surface area contributed by atoms with E-state index in [0.717, 1.165) is 4.57 Å². The molecule has 1 heterocycles. The Balaban J connectivity index is 1.80. The molecule has 0 saturated heterocycles. The summed E-state index contributed by atoms with van der Waals surface area (Å²) in [5.41, 5.74) is 0.878. The second-order valence-electron chi connectivity index (χ2n) is 7.78. The van der Waals surface area contributed by atoms with Gasteiger partial charge in [0.15, 0.2) is 0 Å². The fourth-order valence-corrected chi connectivity index (χ4v) is 4.81. The highest BCUT2D eigenvalue weighted by Gasteiger charge is 2.17. The normalized spacial score (nSPS) is 11.3. The third kappa shape index (κ3) is 4.49. The number of hydrogen-bond donors (Lipinski definition) is 1. The Labute approximate surface area is 196 Å². The Morgan fingerprint density at radius 1 is 0.941 bits per heavy atom. The number of fused-ring (bicyclic) bond motifs is 1. The van der Waals surface area contributed by atoms with Gasteiger partial charge in [-0.15, -0.1) is 0 Å². The van der Waals surface area contributed by atoms with Crippen LogP contribution in [0.2, 0.25) is 0 Å². The molecule has 34 heavy (non-hydrogen) atoms. The van der Waals surface area contributed by atoms with Crippen molar-refractivity contribution in [1.29, 1.82) is 5.26 Å². The fraction of sp³-hybridized carbons (Fsp3) is 0.160. The van der Waals surface area contributed by atoms with Gasteiger partial charge in [0.2, 0.25) is 0 Å². The van der Waals surface area contributed by atoms with Crippen molar-refractivity contribution in [2.75, 3.05) is 4.72 Å². The summed E-state index contributed by atoms with van der Waals surface area (Å²) in [6.07, 6.45) is 0.643. The van der Waals surface area contributed by atoms with Crippen LogP contribution in [0, 0.1) is 11.3 Å². The van der Waals surface area contributed by atoms with Crippen LogP contribution in [-0.4, -0.2) is 17.6 Å². The molecule has 0 bridgehead atoms. The highest BCUT2D eigenvalue weighted by molar-refractivity contribution is 7.92. The van der Waals surface area contributed by atoms with E-state index in [9.17, 15) is 18.0 Å². The minimum absolute atomic E-state index is 0.0609. The molecular weight excluding hydrogens is 452 g/mol. The maximum absolute atomic E-state index is 13.3. The van der Waals surface area contributed by atoms with Crippen LogP contribution in [0.15, 0.2) is 87.3 Å². The van der Waals surface area contributed by atoms with Crippen molar-refractivity contribution in [3.05, 3.63) is 105 Å². The predicted molar refractivity (Wildman–Crippen MR) is 130 cm³/mol. The third-order valence-electron chi connectivity index (χ3n) is 5.40. The van der Waals surface area contributed by atoms with Crippen molar-refractivity contribution in [2.45, 2.75) is 31.3 Å². The second kappa shape index (κ2) is 9.37. The summed E-state index contributed by atoms with van der Waals surface area (Å²) in [6, 6.07) is 21.2. The average Bonchev–Trinajstić information content (AvgIpc) is 2.85. The van der Waals surface area contributed by atoms with Gasteiger partial charge in [-0.2, -0.15) is 5.26 Å². The molecular formula is C25H22N4O4S. The number of rotatable bonds is 7. The van der Waals surface area contributed by atoms with Gasteiger partial charge in [-0.3, -0.25) is 18.7 Å². The number of aromatic nitrogens is 2. The lowest BCUT2D eigenvalue weighted by Gasteiger charge is -2.15. The number of sulfonamides is 1. The molecule has 0 amide bonds. The summed E-state index contributed by atoms with van der Waals surface area (Å²) in [5.74, 6) is 0. The largest absolute Gasteiger partial charge is 0.331 e. The van der Waals surface area contributed by atoms with Gasteiger partial charge in [-0.25, -0.2) is 13.2 Å². The highest BCUT2D eigenvalue weighted by Crippen LogP contribution is 2.20. The Hall–Kier alpha value is -4.16. The van der Waals surface area contributed by atoms with Crippen LogP contribution in [0.25, 0.3) is 10.9 Å². The molecule has 0 aliphatic rings. The van der Waals surface area contributed by atoms with Gasteiger partial charge in [0.25, 0.3) is 15.6 Å². The SMILES string of the molecule is CCCn1c(=O)n(Cc2ccc(C#N)cc2)c(=O)c2ccc(NS(=O)(=O)c3ccccc3)cc21.